The van der Waals surface area contributed by atoms with Crippen molar-refractivity contribution in [3.05, 3.63) is 71.3 Å². The van der Waals surface area contributed by atoms with E-state index in [1.807, 2.05) is 0 Å². The number of fused-ring (bicyclic) bond motifs is 1. The van der Waals surface area contributed by atoms with Crippen LogP contribution in [0.4, 0.5) is 0 Å². The quantitative estimate of drug-likeness (QED) is 0.872. The lowest BCUT2D eigenvalue weighted by Gasteiger charge is -2.31. The average molecular weight is 251 g/mol. The standard InChI is InChI=1S/C18H21N/c1-14-13-16-9-5-6-10-17(16)18(19-14)12-11-15-7-3-2-4-8-15/h2-10,14,18-19H,11-13H2,1H3. The molecule has 0 amide bonds. The molecule has 3 rings (SSSR count). The van der Waals surface area contributed by atoms with Gasteiger partial charge in [0, 0.05) is 12.1 Å². The summed E-state index contributed by atoms with van der Waals surface area (Å²) in [7, 11) is 0. The molecule has 0 aliphatic carbocycles. The van der Waals surface area contributed by atoms with Crippen LogP contribution >= 0.6 is 0 Å². The summed E-state index contributed by atoms with van der Waals surface area (Å²) in [4.78, 5) is 0. The van der Waals surface area contributed by atoms with Gasteiger partial charge in [0.2, 0.25) is 0 Å². The summed E-state index contributed by atoms with van der Waals surface area (Å²) in [5.41, 5.74) is 4.45. The van der Waals surface area contributed by atoms with E-state index in [2.05, 4.69) is 66.8 Å². The van der Waals surface area contributed by atoms with Crippen LogP contribution in [0, 0.1) is 0 Å². The summed E-state index contributed by atoms with van der Waals surface area (Å²) in [6.07, 6.45) is 3.46. The minimum Gasteiger partial charge on any atom is -0.307 e. The molecule has 0 saturated carbocycles. The van der Waals surface area contributed by atoms with Crippen LogP contribution in [0.3, 0.4) is 0 Å². The molecule has 2 atom stereocenters. The predicted molar refractivity (Wildman–Crippen MR) is 80.2 cm³/mol. The van der Waals surface area contributed by atoms with Gasteiger partial charge in [0.15, 0.2) is 0 Å². The molecule has 1 aliphatic heterocycles. The van der Waals surface area contributed by atoms with Crippen LogP contribution in [-0.2, 0) is 12.8 Å². The van der Waals surface area contributed by atoms with E-state index in [4.69, 9.17) is 0 Å². The number of benzene rings is 2. The van der Waals surface area contributed by atoms with Gasteiger partial charge in [-0.25, -0.2) is 0 Å². The fourth-order valence-corrected chi connectivity index (χ4v) is 3.08. The Morgan fingerprint density at radius 3 is 2.58 bits per heavy atom. The highest BCUT2D eigenvalue weighted by molar-refractivity contribution is 5.33. The van der Waals surface area contributed by atoms with Crippen LogP contribution in [0.5, 0.6) is 0 Å². The van der Waals surface area contributed by atoms with Crippen molar-refractivity contribution in [3.8, 4) is 0 Å². The zero-order chi connectivity index (χ0) is 13.1. The summed E-state index contributed by atoms with van der Waals surface area (Å²) in [5.74, 6) is 0. The molecule has 1 heterocycles. The fraction of sp³-hybridized carbons (Fsp3) is 0.333. The number of rotatable bonds is 3. The van der Waals surface area contributed by atoms with Crippen molar-refractivity contribution in [1.82, 2.24) is 5.32 Å². The van der Waals surface area contributed by atoms with Gasteiger partial charge in [-0.1, -0.05) is 54.6 Å². The zero-order valence-corrected chi connectivity index (χ0v) is 11.5. The van der Waals surface area contributed by atoms with Crippen molar-refractivity contribution >= 4 is 0 Å². The molecule has 0 fully saturated rings. The topological polar surface area (TPSA) is 12.0 Å². The van der Waals surface area contributed by atoms with E-state index in [-0.39, 0.29) is 0 Å². The monoisotopic (exact) mass is 251 g/mol. The molecule has 2 aromatic rings. The Labute approximate surface area is 115 Å². The van der Waals surface area contributed by atoms with Crippen LogP contribution < -0.4 is 5.32 Å². The summed E-state index contributed by atoms with van der Waals surface area (Å²) < 4.78 is 0. The first-order chi connectivity index (χ1) is 9.33. The molecule has 1 aliphatic rings. The van der Waals surface area contributed by atoms with E-state index in [9.17, 15) is 0 Å². The van der Waals surface area contributed by atoms with Gasteiger partial charge in [0.1, 0.15) is 0 Å². The molecule has 0 bridgehead atoms. The van der Waals surface area contributed by atoms with Gasteiger partial charge in [0.25, 0.3) is 0 Å². The number of hydrogen-bond acceptors (Lipinski definition) is 1. The van der Waals surface area contributed by atoms with Crippen LogP contribution in [0.2, 0.25) is 0 Å². The van der Waals surface area contributed by atoms with Gasteiger partial charge >= 0.3 is 0 Å². The maximum Gasteiger partial charge on any atom is 0.0328 e. The molecular weight excluding hydrogens is 230 g/mol. The molecule has 2 aromatic carbocycles. The van der Waals surface area contributed by atoms with Crippen molar-refractivity contribution in [1.29, 1.82) is 0 Å². The van der Waals surface area contributed by atoms with Gasteiger partial charge < -0.3 is 5.32 Å². The Morgan fingerprint density at radius 2 is 1.74 bits per heavy atom. The second-order valence-electron chi connectivity index (χ2n) is 5.55. The third-order valence-corrected chi connectivity index (χ3v) is 4.01. The van der Waals surface area contributed by atoms with E-state index >= 15 is 0 Å². The lowest BCUT2D eigenvalue weighted by atomic mass is 9.88. The van der Waals surface area contributed by atoms with Crippen molar-refractivity contribution < 1.29 is 0 Å². The number of nitrogens with one attached hydrogen (secondary N) is 1. The number of hydrogen-bond donors (Lipinski definition) is 1. The maximum atomic E-state index is 3.74. The summed E-state index contributed by atoms with van der Waals surface area (Å²) in [6.45, 7) is 2.28. The van der Waals surface area contributed by atoms with E-state index in [0.717, 1.165) is 12.8 Å². The number of aryl methyl sites for hydroxylation is 1. The van der Waals surface area contributed by atoms with E-state index in [0.29, 0.717) is 12.1 Å². The summed E-state index contributed by atoms with van der Waals surface area (Å²) in [5, 5.41) is 3.74. The molecule has 98 valence electrons. The van der Waals surface area contributed by atoms with Crippen molar-refractivity contribution in [3.63, 3.8) is 0 Å². The van der Waals surface area contributed by atoms with Gasteiger partial charge in [-0.15, -0.1) is 0 Å². The third-order valence-electron chi connectivity index (χ3n) is 4.01. The van der Waals surface area contributed by atoms with Crippen molar-refractivity contribution in [2.24, 2.45) is 0 Å². The third kappa shape index (κ3) is 2.87. The van der Waals surface area contributed by atoms with Crippen LogP contribution in [-0.4, -0.2) is 6.04 Å². The van der Waals surface area contributed by atoms with Crippen LogP contribution in [0.25, 0.3) is 0 Å². The first-order valence-electron chi connectivity index (χ1n) is 7.21. The highest BCUT2D eigenvalue weighted by Gasteiger charge is 2.22. The van der Waals surface area contributed by atoms with Crippen molar-refractivity contribution in [2.75, 3.05) is 0 Å². The second-order valence-corrected chi connectivity index (χ2v) is 5.55. The minimum absolute atomic E-state index is 0.500. The Morgan fingerprint density at radius 1 is 1.00 bits per heavy atom. The lowest BCUT2D eigenvalue weighted by Crippen LogP contribution is -2.37. The first-order valence-corrected chi connectivity index (χ1v) is 7.21. The SMILES string of the molecule is CC1Cc2ccccc2C(CCc2ccccc2)N1. The van der Waals surface area contributed by atoms with Crippen LogP contribution in [0.15, 0.2) is 54.6 Å². The lowest BCUT2D eigenvalue weighted by molar-refractivity contribution is 0.404. The second kappa shape index (κ2) is 5.58. The Kier molecular flexibility index (Phi) is 3.65. The molecule has 0 spiro atoms. The highest BCUT2D eigenvalue weighted by Crippen LogP contribution is 2.28. The molecule has 19 heavy (non-hydrogen) atoms. The van der Waals surface area contributed by atoms with Gasteiger partial charge in [-0.3, -0.25) is 0 Å². The average Bonchev–Trinajstić information content (AvgIpc) is 2.45. The fourth-order valence-electron chi connectivity index (χ4n) is 3.08. The van der Waals surface area contributed by atoms with Gasteiger partial charge in [-0.05, 0) is 42.9 Å². The smallest absolute Gasteiger partial charge is 0.0328 e. The normalized spacial score (nSPS) is 21.9. The molecule has 0 aromatic heterocycles. The van der Waals surface area contributed by atoms with Crippen molar-refractivity contribution in [2.45, 2.75) is 38.3 Å². The summed E-state index contributed by atoms with van der Waals surface area (Å²) in [6, 6.07) is 20.7. The minimum atomic E-state index is 0.500. The van der Waals surface area contributed by atoms with Gasteiger partial charge in [-0.2, -0.15) is 0 Å². The maximum absolute atomic E-state index is 3.74. The molecule has 2 unspecified atom stereocenters. The zero-order valence-electron chi connectivity index (χ0n) is 11.5. The molecule has 1 nitrogen and oxygen atoms in total. The molecule has 0 radical (unpaired) electrons. The molecule has 1 N–H and O–H groups in total. The van der Waals surface area contributed by atoms with E-state index in [1.165, 1.54) is 23.1 Å². The highest BCUT2D eigenvalue weighted by atomic mass is 15.0. The molecule has 0 saturated heterocycles. The largest absolute Gasteiger partial charge is 0.307 e. The van der Waals surface area contributed by atoms with Crippen LogP contribution in [0.1, 0.15) is 36.1 Å². The molecule has 1 heteroatoms. The van der Waals surface area contributed by atoms with E-state index < -0.39 is 0 Å². The van der Waals surface area contributed by atoms with E-state index in [1.54, 1.807) is 0 Å². The molecular formula is C18H21N. The first kappa shape index (κ1) is 12.4. The summed E-state index contributed by atoms with van der Waals surface area (Å²) >= 11 is 0. The predicted octanol–water partition coefficient (Wildman–Crippen LogP) is 3.89. The Bertz CT molecular complexity index is 532. The van der Waals surface area contributed by atoms with Gasteiger partial charge in [0.05, 0.1) is 0 Å². The Hall–Kier alpha value is -1.60. The Balaban J connectivity index is 1.74.